The minimum atomic E-state index is 0.108. The monoisotopic (exact) mass is 133 g/mol. The molecule has 0 radical (unpaired) electrons. The van der Waals surface area contributed by atoms with Crippen molar-refractivity contribution in [1.82, 2.24) is 4.31 Å². The van der Waals surface area contributed by atoms with Gasteiger partial charge in [-0.1, -0.05) is 6.92 Å². The predicted molar refractivity (Wildman–Crippen MR) is 36.6 cm³/mol. The van der Waals surface area contributed by atoms with E-state index in [-0.39, 0.29) is 5.91 Å². The molecule has 2 nitrogen and oxygen atoms in total. The molecule has 0 aromatic rings. The first-order valence-corrected chi connectivity index (χ1v) is 3.50. The standard InChI is InChI=1S/C5H11NOS/c1-4-8-6(3)5(2)7/h4H2,1-3H3. The van der Waals surface area contributed by atoms with Crippen LogP contribution in [0.4, 0.5) is 0 Å². The van der Waals surface area contributed by atoms with E-state index in [0.29, 0.717) is 0 Å². The highest BCUT2D eigenvalue weighted by molar-refractivity contribution is 7.97. The van der Waals surface area contributed by atoms with Gasteiger partial charge in [0.1, 0.15) is 0 Å². The molecule has 0 saturated heterocycles. The maximum Gasteiger partial charge on any atom is 0.229 e. The van der Waals surface area contributed by atoms with Crippen molar-refractivity contribution in [2.75, 3.05) is 12.8 Å². The van der Waals surface area contributed by atoms with Crippen molar-refractivity contribution in [2.24, 2.45) is 0 Å². The maximum absolute atomic E-state index is 10.4. The van der Waals surface area contributed by atoms with Gasteiger partial charge in [-0.2, -0.15) is 0 Å². The largest absolute Gasteiger partial charge is 0.290 e. The van der Waals surface area contributed by atoms with Crippen molar-refractivity contribution in [3.05, 3.63) is 0 Å². The van der Waals surface area contributed by atoms with Crippen LogP contribution >= 0.6 is 11.9 Å². The van der Waals surface area contributed by atoms with Gasteiger partial charge < -0.3 is 0 Å². The molecule has 0 bridgehead atoms. The minimum Gasteiger partial charge on any atom is -0.290 e. The molecule has 0 fully saturated rings. The Labute approximate surface area is 54.4 Å². The summed E-state index contributed by atoms with van der Waals surface area (Å²) < 4.78 is 1.62. The van der Waals surface area contributed by atoms with Gasteiger partial charge in [0.05, 0.1) is 0 Å². The molecule has 1 amide bonds. The number of hydrogen-bond donors (Lipinski definition) is 0. The van der Waals surface area contributed by atoms with Crippen LogP contribution in [-0.2, 0) is 4.79 Å². The van der Waals surface area contributed by atoms with Crippen LogP contribution in [0.3, 0.4) is 0 Å². The van der Waals surface area contributed by atoms with Crippen molar-refractivity contribution in [3.8, 4) is 0 Å². The summed E-state index contributed by atoms with van der Waals surface area (Å²) in [5.74, 6) is 1.06. The van der Waals surface area contributed by atoms with Gasteiger partial charge in [-0.15, -0.1) is 0 Å². The summed E-state index contributed by atoms with van der Waals surface area (Å²) in [4.78, 5) is 10.4. The zero-order valence-corrected chi connectivity index (χ0v) is 6.29. The summed E-state index contributed by atoms with van der Waals surface area (Å²) in [6.45, 7) is 3.58. The van der Waals surface area contributed by atoms with E-state index < -0.39 is 0 Å². The molecule has 0 atom stereocenters. The number of carbonyl (C=O) groups is 1. The predicted octanol–water partition coefficient (Wildman–Crippen LogP) is 1.13. The molecule has 0 aliphatic heterocycles. The van der Waals surface area contributed by atoms with Gasteiger partial charge in [0.25, 0.3) is 0 Å². The van der Waals surface area contributed by atoms with Crippen molar-refractivity contribution >= 4 is 17.9 Å². The number of nitrogens with zero attached hydrogens (tertiary/aromatic N) is 1. The maximum atomic E-state index is 10.4. The van der Waals surface area contributed by atoms with Gasteiger partial charge >= 0.3 is 0 Å². The quantitative estimate of drug-likeness (QED) is 0.526. The van der Waals surface area contributed by atoms with Crippen LogP contribution in [0.15, 0.2) is 0 Å². The molecule has 8 heavy (non-hydrogen) atoms. The van der Waals surface area contributed by atoms with Crippen LogP contribution in [0.5, 0.6) is 0 Å². The topological polar surface area (TPSA) is 20.3 Å². The summed E-state index contributed by atoms with van der Waals surface area (Å²) >= 11 is 1.52. The van der Waals surface area contributed by atoms with Crippen molar-refractivity contribution in [1.29, 1.82) is 0 Å². The fraction of sp³-hybridized carbons (Fsp3) is 0.800. The van der Waals surface area contributed by atoms with Gasteiger partial charge in [0.15, 0.2) is 0 Å². The minimum absolute atomic E-state index is 0.108. The van der Waals surface area contributed by atoms with Crippen LogP contribution in [0.2, 0.25) is 0 Å². The van der Waals surface area contributed by atoms with Crippen molar-refractivity contribution < 1.29 is 4.79 Å². The molecule has 0 aromatic heterocycles. The highest BCUT2D eigenvalue weighted by atomic mass is 32.2. The number of carbonyl (C=O) groups excluding carboxylic acids is 1. The van der Waals surface area contributed by atoms with E-state index in [4.69, 9.17) is 0 Å². The molecule has 0 saturated carbocycles. The van der Waals surface area contributed by atoms with E-state index in [1.165, 1.54) is 11.9 Å². The molecule has 0 aliphatic rings. The Morgan fingerprint density at radius 2 is 2.25 bits per heavy atom. The fourth-order valence-electron chi connectivity index (χ4n) is 0.285. The Kier molecular flexibility index (Phi) is 3.69. The average molecular weight is 133 g/mol. The molecule has 0 rings (SSSR count). The lowest BCUT2D eigenvalue weighted by molar-refractivity contribution is -0.123. The van der Waals surface area contributed by atoms with Crippen LogP contribution in [0.1, 0.15) is 13.8 Å². The summed E-state index contributed by atoms with van der Waals surface area (Å²) in [5.41, 5.74) is 0. The normalized spacial score (nSPS) is 8.88. The third-order valence-electron chi connectivity index (χ3n) is 0.766. The molecule has 48 valence electrons. The summed E-state index contributed by atoms with van der Waals surface area (Å²) in [7, 11) is 1.77. The fourth-order valence-corrected chi connectivity index (χ4v) is 0.854. The highest BCUT2D eigenvalue weighted by Gasteiger charge is 1.97. The molecule has 3 heteroatoms. The third kappa shape index (κ3) is 2.91. The average Bonchev–Trinajstić information content (AvgIpc) is 1.67. The Hall–Kier alpha value is -0.180. The zero-order chi connectivity index (χ0) is 6.57. The van der Waals surface area contributed by atoms with E-state index in [1.807, 2.05) is 6.92 Å². The lowest BCUT2D eigenvalue weighted by atomic mass is 10.7. The zero-order valence-electron chi connectivity index (χ0n) is 5.47. The van der Waals surface area contributed by atoms with Crippen LogP contribution < -0.4 is 0 Å². The molecule has 0 heterocycles. The Bertz CT molecular complexity index is 84.5. The van der Waals surface area contributed by atoms with Crippen LogP contribution in [-0.4, -0.2) is 23.0 Å². The number of rotatable bonds is 2. The summed E-state index contributed by atoms with van der Waals surface area (Å²) in [6, 6.07) is 0. The molecule has 0 aromatic carbocycles. The van der Waals surface area contributed by atoms with E-state index in [1.54, 1.807) is 18.3 Å². The molecule has 0 aliphatic carbocycles. The summed E-state index contributed by atoms with van der Waals surface area (Å²) in [6.07, 6.45) is 0. The first kappa shape index (κ1) is 7.82. The van der Waals surface area contributed by atoms with E-state index >= 15 is 0 Å². The van der Waals surface area contributed by atoms with E-state index in [0.717, 1.165) is 5.75 Å². The summed E-state index contributed by atoms with van der Waals surface area (Å²) in [5, 5.41) is 0. The second-order valence-electron chi connectivity index (χ2n) is 1.43. The Morgan fingerprint density at radius 1 is 1.75 bits per heavy atom. The van der Waals surface area contributed by atoms with Crippen molar-refractivity contribution in [2.45, 2.75) is 13.8 Å². The second kappa shape index (κ2) is 3.78. The second-order valence-corrected chi connectivity index (χ2v) is 2.82. The lowest BCUT2D eigenvalue weighted by Crippen LogP contribution is -2.15. The molecule has 0 unspecified atom stereocenters. The smallest absolute Gasteiger partial charge is 0.229 e. The van der Waals surface area contributed by atoms with Gasteiger partial charge in [-0.05, 0) is 11.9 Å². The molecular weight excluding hydrogens is 122 g/mol. The lowest BCUT2D eigenvalue weighted by Gasteiger charge is -2.09. The molecular formula is C5H11NOS. The first-order chi connectivity index (χ1) is 3.68. The Balaban J connectivity index is 3.32. The van der Waals surface area contributed by atoms with Gasteiger partial charge in [-0.3, -0.25) is 9.10 Å². The van der Waals surface area contributed by atoms with E-state index in [9.17, 15) is 4.79 Å². The number of amides is 1. The third-order valence-corrected chi connectivity index (χ3v) is 1.67. The first-order valence-electron chi connectivity index (χ1n) is 2.55. The van der Waals surface area contributed by atoms with E-state index in [2.05, 4.69) is 0 Å². The number of hydrogen-bond acceptors (Lipinski definition) is 2. The highest BCUT2D eigenvalue weighted by Crippen LogP contribution is 2.03. The van der Waals surface area contributed by atoms with Crippen LogP contribution in [0, 0.1) is 0 Å². The van der Waals surface area contributed by atoms with Gasteiger partial charge in [0.2, 0.25) is 5.91 Å². The molecule has 0 spiro atoms. The SMILES string of the molecule is CCSN(C)C(C)=O. The van der Waals surface area contributed by atoms with Gasteiger partial charge in [-0.25, -0.2) is 0 Å². The van der Waals surface area contributed by atoms with Gasteiger partial charge in [0, 0.05) is 19.7 Å². The van der Waals surface area contributed by atoms with Crippen LogP contribution in [0.25, 0.3) is 0 Å². The molecule has 0 N–H and O–H groups in total. The van der Waals surface area contributed by atoms with Crippen molar-refractivity contribution in [3.63, 3.8) is 0 Å². The Morgan fingerprint density at radius 3 is 2.38 bits per heavy atom.